The first-order valence-corrected chi connectivity index (χ1v) is 6.99. The number of nitrogens with two attached hydrogens (primary N) is 1. The van der Waals surface area contributed by atoms with Gasteiger partial charge in [-0.25, -0.2) is 13.6 Å². The van der Waals surface area contributed by atoms with Crippen LogP contribution in [0.3, 0.4) is 0 Å². The molecule has 0 atom stereocenters. The van der Waals surface area contributed by atoms with Crippen molar-refractivity contribution in [3.63, 3.8) is 0 Å². The summed E-state index contributed by atoms with van der Waals surface area (Å²) >= 11 is 0. The van der Waals surface area contributed by atoms with Gasteiger partial charge in [-0.05, 0) is 34.4 Å². The predicted octanol–water partition coefficient (Wildman–Crippen LogP) is 2.61. The molecule has 2 N–H and O–H groups in total. The van der Waals surface area contributed by atoms with Crippen LogP contribution in [-0.2, 0) is 10.0 Å². The number of sulfonamides is 1. The lowest BCUT2D eigenvalue weighted by Gasteiger charge is -2.07. The maximum absolute atomic E-state index is 11.2. The summed E-state index contributed by atoms with van der Waals surface area (Å²) in [5.74, 6) is 0.456. The molecule has 2 aromatic rings. The second-order valence-electron chi connectivity index (χ2n) is 4.47. The van der Waals surface area contributed by atoms with E-state index < -0.39 is 10.0 Å². The van der Waals surface area contributed by atoms with Crippen LogP contribution in [0.4, 0.5) is 0 Å². The Morgan fingerprint density at radius 1 is 1.00 bits per heavy atom. The molecule has 0 radical (unpaired) electrons. The highest BCUT2D eigenvalue weighted by Gasteiger charge is 2.08. The monoisotopic (exact) mass is 249 g/mol. The quantitative estimate of drug-likeness (QED) is 0.889. The second-order valence-corrected chi connectivity index (χ2v) is 6.03. The third-order valence-corrected chi connectivity index (χ3v) is 3.74. The lowest BCUT2D eigenvalue weighted by molar-refractivity contribution is 0.598. The van der Waals surface area contributed by atoms with Crippen LogP contribution >= 0.6 is 0 Å². The van der Waals surface area contributed by atoms with Gasteiger partial charge in [-0.1, -0.05) is 38.1 Å². The molecule has 0 aliphatic rings. The van der Waals surface area contributed by atoms with Crippen molar-refractivity contribution in [2.24, 2.45) is 5.14 Å². The standard InChI is InChI=1S/C13H15NO2S/c1-9(2)10-3-4-12-8-13(17(14,15)16)6-5-11(12)7-10/h3-9H,1-2H3,(H2,14,15,16). The average molecular weight is 249 g/mol. The summed E-state index contributed by atoms with van der Waals surface area (Å²) in [6, 6.07) is 11.0. The Bertz CT molecular complexity index is 660. The number of fused-ring (bicyclic) bond motifs is 1. The number of primary sulfonamides is 1. The van der Waals surface area contributed by atoms with E-state index in [1.54, 1.807) is 18.2 Å². The Morgan fingerprint density at radius 2 is 1.59 bits per heavy atom. The topological polar surface area (TPSA) is 60.2 Å². The van der Waals surface area contributed by atoms with Gasteiger partial charge in [0.1, 0.15) is 0 Å². The van der Waals surface area contributed by atoms with Gasteiger partial charge in [0.2, 0.25) is 10.0 Å². The van der Waals surface area contributed by atoms with E-state index >= 15 is 0 Å². The maximum atomic E-state index is 11.2. The molecule has 0 amide bonds. The zero-order valence-electron chi connectivity index (χ0n) is 9.84. The fraction of sp³-hybridized carbons (Fsp3) is 0.231. The van der Waals surface area contributed by atoms with Gasteiger partial charge in [-0.2, -0.15) is 0 Å². The van der Waals surface area contributed by atoms with Gasteiger partial charge < -0.3 is 0 Å². The fourth-order valence-electron chi connectivity index (χ4n) is 1.78. The SMILES string of the molecule is CC(C)c1ccc2cc(S(N)(=O)=O)ccc2c1. The van der Waals surface area contributed by atoms with E-state index in [-0.39, 0.29) is 4.90 Å². The van der Waals surface area contributed by atoms with Crippen LogP contribution in [0, 0.1) is 0 Å². The Hall–Kier alpha value is -1.39. The van der Waals surface area contributed by atoms with Gasteiger partial charge in [0.25, 0.3) is 0 Å². The molecule has 4 heteroatoms. The van der Waals surface area contributed by atoms with E-state index in [0.717, 1.165) is 10.8 Å². The van der Waals surface area contributed by atoms with E-state index in [1.165, 1.54) is 5.56 Å². The predicted molar refractivity (Wildman–Crippen MR) is 69.4 cm³/mol. The molecule has 0 aliphatic heterocycles. The van der Waals surface area contributed by atoms with Gasteiger partial charge in [-0.15, -0.1) is 0 Å². The summed E-state index contributed by atoms with van der Waals surface area (Å²) < 4.78 is 22.5. The van der Waals surface area contributed by atoms with Crippen LogP contribution in [0.5, 0.6) is 0 Å². The van der Waals surface area contributed by atoms with E-state index in [4.69, 9.17) is 5.14 Å². The van der Waals surface area contributed by atoms with Crippen molar-refractivity contribution >= 4 is 20.8 Å². The highest BCUT2D eigenvalue weighted by Crippen LogP contribution is 2.23. The molecule has 0 saturated heterocycles. The zero-order valence-corrected chi connectivity index (χ0v) is 10.7. The van der Waals surface area contributed by atoms with Crippen molar-refractivity contribution in [2.75, 3.05) is 0 Å². The number of benzene rings is 2. The molecule has 0 heterocycles. The Balaban J connectivity index is 2.62. The summed E-state index contributed by atoms with van der Waals surface area (Å²) in [5.41, 5.74) is 1.24. The first-order valence-electron chi connectivity index (χ1n) is 5.44. The largest absolute Gasteiger partial charge is 0.238 e. The number of rotatable bonds is 2. The first kappa shape index (κ1) is 12.1. The van der Waals surface area contributed by atoms with Crippen molar-refractivity contribution in [3.05, 3.63) is 42.0 Å². The van der Waals surface area contributed by atoms with Crippen LogP contribution in [0.2, 0.25) is 0 Å². The Labute approximate surface area is 101 Å². The number of hydrogen-bond donors (Lipinski definition) is 1. The van der Waals surface area contributed by atoms with Crippen molar-refractivity contribution in [3.8, 4) is 0 Å². The Morgan fingerprint density at radius 3 is 2.18 bits per heavy atom. The molecule has 0 aromatic heterocycles. The molecule has 0 spiro atoms. The molecule has 3 nitrogen and oxygen atoms in total. The lowest BCUT2D eigenvalue weighted by Crippen LogP contribution is -2.11. The smallest absolute Gasteiger partial charge is 0.225 e. The molecular formula is C13H15NO2S. The van der Waals surface area contributed by atoms with Crippen molar-refractivity contribution in [2.45, 2.75) is 24.7 Å². The summed E-state index contributed by atoms with van der Waals surface area (Å²) in [4.78, 5) is 0.155. The first-order chi connectivity index (χ1) is 7.88. The van der Waals surface area contributed by atoms with E-state index in [9.17, 15) is 8.42 Å². The summed E-state index contributed by atoms with van der Waals surface area (Å²) in [6.07, 6.45) is 0. The van der Waals surface area contributed by atoms with E-state index in [0.29, 0.717) is 5.92 Å². The van der Waals surface area contributed by atoms with E-state index in [2.05, 4.69) is 19.9 Å². The van der Waals surface area contributed by atoms with Gasteiger partial charge in [-0.3, -0.25) is 0 Å². The van der Waals surface area contributed by atoms with Gasteiger partial charge in [0, 0.05) is 0 Å². The molecule has 90 valence electrons. The molecule has 2 aromatic carbocycles. The molecule has 0 saturated carbocycles. The van der Waals surface area contributed by atoms with Gasteiger partial charge in [0.05, 0.1) is 4.90 Å². The van der Waals surface area contributed by atoms with Crippen molar-refractivity contribution < 1.29 is 8.42 Å². The van der Waals surface area contributed by atoms with Crippen LogP contribution in [0.25, 0.3) is 10.8 Å². The molecule has 17 heavy (non-hydrogen) atoms. The summed E-state index contributed by atoms with van der Waals surface area (Å²) in [6.45, 7) is 4.25. The average Bonchev–Trinajstić information content (AvgIpc) is 2.26. The number of hydrogen-bond acceptors (Lipinski definition) is 2. The molecule has 0 aliphatic carbocycles. The normalized spacial score (nSPS) is 12.2. The molecule has 0 unspecified atom stereocenters. The van der Waals surface area contributed by atoms with Crippen LogP contribution in [-0.4, -0.2) is 8.42 Å². The van der Waals surface area contributed by atoms with E-state index in [1.807, 2.05) is 12.1 Å². The second kappa shape index (κ2) is 4.13. The van der Waals surface area contributed by atoms with Crippen LogP contribution < -0.4 is 5.14 Å². The van der Waals surface area contributed by atoms with Crippen molar-refractivity contribution in [1.29, 1.82) is 0 Å². The summed E-state index contributed by atoms with van der Waals surface area (Å²) in [7, 11) is -3.62. The van der Waals surface area contributed by atoms with Crippen LogP contribution in [0.15, 0.2) is 41.3 Å². The van der Waals surface area contributed by atoms with Gasteiger partial charge >= 0.3 is 0 Å². The third kappa shape index (κ3) is 2.48. The highest BCUT2D eigenvalue weighted by atomic mass is 32.2. The molecule has 0 fully saturated rings. The minimum atomic E-state index is -3.62. The third-order valence-electron chi connectivity index (χ3n) is 2.83. The fourth-order valence-corrected chi connectivity index (χ4v) is 2.33. The maximum Gasteiger partial charge on any atom is 0.238 e. The highest BCUT2D eigenvalue weighted by molar-refractivity contribution is 7.89. The van der Waals surface area contributed by atoms with Crippen molar-refractivity contribution in [1.82, 2.24) is 0 Å². The molecular weight excluding hydrogens is 234 g/mol. The molecule has 2 rings (SSSR count). The molecule has 0 bridgehead atoms. The zero-order chi connectivity index (χ0) is 12.6. The lowest BCUT2D eigenvalue weighted by atomic mass is 9.99. The minimum absolute atomic E-state index is 0.155. The van der Waals surface area contributed by atoms with Gasteiger partial charge in [0.15, 0.2) is 0 Å². The summed E-state index contributed by atoms with van der Waals surface area (Å²) in [5, 5.41) is 7.02. The van der Waals surface area contributed by atoms with Crippen LogP contribution in [0.1, 0.15) is 25.3 Å². The minimum Gasteiger partial charge on any atom is -0.225 e. The Kier molecular flexibility index (Phi) is 2.93.